The van der Waals surface area contributed by atoms with Crippen LogP contribution >= 0.6 is 11.8 Å². The van der Waals surface area contributed by atoms with Gasteiger partial charge in [-0.05, 0) is 38.7 Å². The largest absolute Gasteiger partial charge is 0.369 e. The van der Waals surface area contributed by atoms with Gasteiger partial charge in [0.1, 0.15) is 5.82 Å². The van der Waals surface area contributed by atoms with E-state index in [1.807, 2.05) is 31.8 Å². The number of aryl methyl sites for hydroxylation is 2. The fraction of sp³-hybridized carbons (Fsp3) is 0.667. The van der Waals surface area contributed by atoms with Gasteiger partial charge in [0.05, 0.1) is 17.6 Å². The summed E-state index contributed by atoms with van der Waals surface area (Å²) in [7, 11) is 0. The standard InChI is InChI=1S/C12H21N3S/c1-10-11(2)15-12(9-14-10)13-7-5-4-6-8-16-3/h9H,4-8H2,1-3H3,(H,13,15). The highest BCUT2D eigenvalue weighted by atomic mass is 32.2. The minimum absolute atomic E-state index is 0.896. The lowest BCUT2D eigenvalue weighted by Gasteiger charge is -2.06. The summed E-state index contributed by atoms with van der Waals surface area (Å²) in [4.78, 5) is 8.71. The number of unbranched alkanes of at least 4 members (excludes halogenated alkanes) is 2. The van der Waals surface area contributed by atoms with Crippen LogP contribution in [0.25, 0.3) is 0 Å². The number of thioether (sulfide) groups is 1. The Kier molecular flexibility index (Phi) is 6.23. The summed E-state index contributed by atoms with van der Waals surface area (Å²) in [6.07, 6.45) is 7.76. The molecule has 3 nitrogen and oxygen atoms in total. The zero-order chi connectivity index (χ0) is 11.8. The lowest BCUT2D eigenvalue weighted by atomic mass is 10.2. The molecule has 0 amide bonds. The van der Waals surface area contributed by atoms with Crippen molar-refractivity contribution in [3.05, 3.63) is 17.6 Å². The number of rotatable bonds is 7. The molecule has 16 heavy (non-hydrogen) atoms. The number of hydrogen-bond acceptors (Lipinski definition) is 4. The molecule has 1 heterocycles. The van der Waals surface area contributed by atoms with Crippen molar-refractivity contribution in [1.29, 1.82) is 0 Å². The van der Waals surface area contributed by atoms with E-state index < -0.39 is 0 Å². The summed E-state index contributed by atoms with van der Waals surface area (Å²) >= 11 is 1.92. The molecule has 4 heteroatoms. The fourth-order valence-electron chi connectivity index (χ4n) is 1.39. The molecule has 0 atom stereocenters. The molecule has 0 aliphatic rings. The minimum atomic E-state index is 0.896. The van der Waals surface area contributed by atoms with Gasteiger partial charge in [0.25, 0.3) is 0 Å². The molecule has 0 saturated carbocycles. The Bertz CT molecular complexity index is 315. The van der Waals surface area contributed by atoms with E-state index in [-0.39, 0.29) is 0 Å². The first-order valence-corrected chi connectivity index (χ1v) is 7.16. The first-order valence-electron chi connectivity index (χ1n) is 5.77. The van der Waals surface area contributed by atoms with Crippen LogP contribution in [-0.4, -0.2) is 28.5 Å². The topological polar surface area (TPSA) is 37.8 Å². The molecule has 1 aromatic heterocycles. The summed E-state index contributed by atoms with van der Waals surface area (Å²) in [5.74, 6) is 2.16. The van der Waals surface area contributed by atoms with Gasteiger partial charge in [-0.3, -0.25) is 4.98 Å². The maximum absolute atomic E-state index is 4.43. The highest BCUT2D eigenvalue weighted by Gasteiger charge is 1.98. The van der Waals surface area contributed by atoms with E-state index in [2.05, 4.69) is 21.5 Å². The first kappa shape index (κ1) is 13.3. The average Bonchev–Trinajstić information content (AvgIpc) is 2.28. The van der Waals surface area contributed by atoms with Gasteiger partial charge >= 0.3 is 0 Å². The van der Waals surface area contributed by atoms with Gasteiger partial charge in [0, 0.05) is 6.54 Å². The Labute approximate surface area is 102 Å². The monoisotopic (exact) mass is 239 g/mol. The van der Waals surface area contributed by atoms with E-state index in [0.29, 0.717) is 0 Å². The van der Waals surface area contributed by atoms with Crippen LogP contribution in [0.15, 0.2) is 6.20 Å². The maximum Gasteiger partial charge on any atom is 0.144 e. The van der Waals surface area contributed by atoms with Gasteiger partial charge in [0.15, 0.2) is 0 Å². The third kappa shape index (κ3) is 4.84. The molecule has 90 valence electrons. The van der Waals surface area contributed by atoms with Crippen molar-refractivity contribution in [3.63, 3.8) is 0 Å². The summed E-state index contributed by atoms with van der Waals surface area (Å²) in [6.45, 7) is 4.96. The zero-order valence-electron chi connectivity index (χ0n) is 10.4. The van der Waals surface area contributed by atoms with Crippen LogP contribution in [0.5, 0.6) is 0 Å². The number of hydrogen-bond donors (Lipinski definition) is 1. The molecule has 0 aliphatic heterocycles. The highest BCUT2D eigenvalue weighted by Crippen LogP contribution is 2.07. The van der Waals surface area contributed by atoms with Crippen LogP contribution in [0.2, 0.25) is 0 Å². The van der Waals surface area contributed by atoms with E-state index in [9.17, 15) is 0 Å². The third-order valence-electron chi connectivity index (χ3n) is 2.52. The number of anilines is 1. The van der Waals surface area contributed by atoms with Crippen LogP contribution in [0, 0.1) is 13.8 Å². The van der Waals surface area contributed by atoms with E-state index in [1.165, 1.54) is 25.0 Å². The van der Waals surface area contributed by atoms with Gasteiger partial charge in [-0.2, -0.15) is 11.8 Å². The normalized spacial score (nSPS) is 10.4. The van der Waals surface area contributed by atoms with E-state index >= 15 is 0 Å². The molecule has 0 spiro atoms. The Morgan fingerprint density at radius 2 is 2.00 bits per heavy atom. The van der Waals surface area contributed by atoms with Crippen molar-refractivity contribution in [1.82, 2.24) is 9.97 Å². The molecular formula is C12H21N3S. The zero-order valence-corrected chi connectivity index (χ0v) is 11.2. The van der Waals surface area contributed by atoms with Gasteiger partial charge in [-0.1, -0.05) is 6.42 Å². The average molecular weight is 239 g/mol. The van der Waals surface area contributed by atoms with Crippen LogP contribution in [-0.2, 0) is 0 Å². The molecule has 1 aromatic rings. The van der Waals surface area contributed by atoms with Gasteiger partial charge < -0.3 is 5.32 Å². The lowest BCUT2D eigenvalue weighted by molar-refractivity contribution is 0.747. The van der Waals surface area contributed by atoms with Gasteiger partial charge in [-0.15, -0.1) is 0 Å². The summed E-state index contributed by atoms with van der Waals surface area (Å²) in [6, 6.07) is 0. The SMILES string of the molecule is CSCCCCCNc1cnc(C)c(C)n1. The van der Waals surface area contributed by atoms with Gasteiger partial charge in [-0.25, -0.2) is 4.98 Å². The molecule has 0 aromatic carbocycles. The van der Waals surface area contributed by atoms with Crippen LogP contribution in [0.1, 0.15) is 30.7 Å². The summed E-state index contributed by atoms with van der Waals surface area (Å²) < 4.78 is 0. The molecule has 1 N–H and O–H groups in total. The van der Waals surface area contributed by atoms with E-state index in [1.54, 1.807) is 0 Å². The maximum atomic E-state index is 4.43. The Balaban J connectivity index is 2.19. The van der Waals surface area contributed by atoms with Gasteiger partial charge in [0.2, 0.25) is 0 Å². The lowest BCUT2D eigenvalue weighted by Crippen LogP contribution is -2.05. The molecule has 1 rings (SSSR count). The molecule has 0 unspecified atom stereocenters. The molecule has 0 saturated heterocycles. The molecule has 0 aliphatic carbocycles. The predicted molar refractivity (Wildman–Crippen MR) is 72.2 cm³/mol. The van der Waals surface area contributed by atoms with Crippen molar-refractivity contribution in [3.8, 4) is 0 Å². The molecule has 0 bridgehead atoms. The molecular weight excluding hydrogens is 218 g/mol. The number of nitrogens with one attached hydrogen (secondary N) is 1. The van der Waals surface area contributed by atoms with E-state index in [4.69, 9.17) is 0 Å². The van der Waals surface area contributed by atoms with Crippen LogP contribution in [0.3, 0.4) is 0 Å². The minimum Gasteiger partial charge on any atom is -0.369 e. The second-order valence-electron chi connectivity index (χ2n) is 3.91. The van der Waals surface area contributed by atoms with Crippen molar-refractivity contribution in [2.75, 3.05) is 23.9 Å². The van der Waals surface area contributed by atoms with Crippen molar-refractivity contribution in [2.24, 2.45) is 0 Å². The van der Waals surface area contributed by atoms with E-state index in [0.717, 1.165) is 23.8 Å². The summed E-state index contributed by atoms with van der Waals surface area (Å²) in [5.41, 5.74) is 2.01. The Morgan fingerprint density at radius 1 is 1.19 bits per heavy atom. The fourth-order valence-corrected chi connectivity index (χ4v) is 1.88. The van der Waals surface area contributed by atoms with Crippen LogP contribution < -0.4 is 5.32 Å². The quantitative estimate of drug-likeness (QED) is 0.742. The molecule has 0 radical (unpaired) electrons. The molecule has 0 fully saturated rings. The summed E-state index contributed by atoms with van der Waals surface area (Å²) in [5, 5.41) is 3.31. The smallest absolute Gasteiger partial charge is 0.144 e. The second-order valence-corrected chi connectivity index (χ2v) is 4.89. The van der Waals surface area contributed by atoms with Crippen molar-refractivity contribution in [2.45, 2.75) is 33.1 Å². The highest BCUT2D eigenvalue weighted by molar-refractivity contribution is 7.98. The van der Waals surface area contributed by atoms with Crippen LogP contribution in [0.4, 0.5) is 5.82 Å². The number of aromatic nitrogens is 2. The predicted octanol–water partition coefficient (Wildman–Crippen LogP) is 3.04. The second kappa shape index (κ2) is 7.49. The number of nitrogens with zero attached hydrogens (tertiary/aromatic N) is 2. The Hall–Kier alpha value is -0.770. The third-order valence-corrected chi connectivity index (χ3v) is 3.22. The van der Waals surface area contributed by atoms with Crippen molar-refractivity contribution < 1.29 is 0 Å². The Morgan fingerprint density at radius 3 is 2.69 bits per heavy atom. The first-order chi connectivity index (χ1) is 7.74. The van der Waals surface area contributed by atoms with Crippen molar-refractivity contribution >= 4 is 17.6 Å².